The van der Waals surface area contributed by atoms with Crippen molar-refractivity contribution in [1.82, 2.24) is 5.32 Å². The number of rotatable bonds is 6. The van der Waals surface area contributed by atoms with E-state index < -0.39 is 0 Å². The minimum atomic E-state index is -0.329. The summed E-state index contributed by atoms with van der Waals surface area (Å²) in [6.07, 6.45) is 0. The maximum atomic E-state index is 12.2. The Hall–Kier alpha value is -2.59. The fraction of sp³-hybridized carbons (Fsp3) is 0.211. The molecule has 0 amide bonds. The van der Waals surface area contributed by atoms with Crippen LogP contribution in [0.3, 0.4) is 0 Å². The van der Waals surface area contributed by atoms with Gasteiger partial charge >= 0.3 is 5.63 Å². The van der Waals surface area contributed by atoms with Crippen LogP contribution < -0.4 is 15.7 Å². The second-order valence-corrected chi connectivity index (χ2v) is 5.26. The molecule has 4 heteroatoms. The molecule has 1 aromatic heterocycles. The first kappa shape index (κ1) is 15.3. The summed E-state index contributed by atoms with van der Waals surface area (Å²) < 4.78 is 11.0. The van der Waals surface area contributed by atoms with Crippen molar-refractivity contribution in [2.45, 2.75) is 20.0 Å². The summed E-state index contributed by atoms with van der Waals surface area (Å²) >= 11 is 0. The van der Waals surface area contributed by atoms with Crippen molar-refractivity contribution in [1.29, 1.82) is 0 Å². The van der Waals surface area contributed by atoms with Crippen molar-refractivity contribution in [3.05, 3.63) is 76.1 Å². The zero-order valence-corrected chi connectivity index (χ0v) is 13.0. The molecule has 1 N–H and O–H groups in total. The van der Waals surface area contributed by atoms with Crippen molar-refractivity contribution in [3.8, 4) is 5.75 Å². The largest absolute Gasteiger partial charge is 0.490 e. The minimum Gasteiger partial charge on any atom is -0.490 e. The molecule has 2 aromatic carbocycles. The molecule has 3 rings (SSSR count). The van der Waals surface area contributed by atoms with Crippen LogP contribution in [0, 0.1) is 0 Å². The van der Waals surface area contributed by atoms with Crippen molar-refractivity contribution in [2.75, 3.05) is 6.61 Å². The number of hydrogen-bond donors (Lipinski definition) is 1. The van der Waals surface area contributed by atoms with Gasteiger partial charge in [-0.1, -0.05) is 42.5 Å². The topological polar surface area (TPSA) is 51.5 Å². The van der Waals surface area contributed by atoms with E-state index in [0.29, 0.717) is 36.6 Å². The van der Waals surface area contributed by atoms with Gasteiger partial charge in [0, 0.05) is 18.5 Å². The van der Waals surface area contributed by atoms with Crippen LogP contribution in [0.5, 0.6) is 5.75 Å². The lowest BCUT2D eigenvalue weighted by Gasteiger charge is -2.08. The lowest BCUT2D eigenvalue weighted by Crippen LogP contribution is -2.18. The lowest BCUT2D eigenvalue weighted by atomic mass is 10.1. The minimum absolute atomic E-state index is 0.329. The summed E-state index contributed by atoms with van der Waals surface area (Å²) in [7, 11) is 0. The molecule has 0 spiro atoms. The third-order valence-corrected chi connectivity index (χ3v) is 3.58. The smallest absolute Gasteiger partial charge is 0.340 e. The van der Waals surface area contributed by atoms with Gasteiger partial charge in [-0.3, -0.25) is 0 Å². The number of benzene rings is 2. The molecular weight excluding hydrogens is 290 g/mol. The number of fused-ring (bicyclic) bond motifs is 1. The number of nitrogens with one attached hydrogen (secondary N) is 1. The van der Waals surface area contributed by atoms with Crippen LogP contribution in [0.15, 0.2) is 63.8 Å². The van der Waals surface area contributed by atoms with Gasteiger partial charge in [0.25, 0.3) is 0 Å². The van der Waals surface area contributed by atoms with E-state index in [9.17, 15) is 4.79 Å². The molecule has 0 unspecified atom stereocenters. The predicted octanol–water partition coefficient (Wildman–Crippen LogP) is 3.48. The van der Waals surface area contributed by atoms with Gasteiger partial charge in [0.2, 0.25) is 0 Å². The second kappa shape index (κ2) is 7.11. The van der Waals surface area contributed by atoms with Crippen LogP contribution in [-0.2, 0) is 13.1 Å². The first-order valence-corrected chi connectivity index (χ1v) is 7.71. The van der Waals surface area contributed by atoms with E-state index in [1.165, 1.54) is 5.56 Å². The van der Waals surface area contributed by atoms with E-state index in [0.717, 1.165) is 5.39 Å². The summed E-state index contributed by atoms with van der Waals surface area (Å²) in [6.45, 7) is 3.60. The van der Waals surface area contributed by atoms with E-state index in [1.54, 1.807) is 0 Å². The highest BCUT2D eigenvalue weighted by Crippen LogP contribution is 2.24. The summed E-state index contributed by atoms with van der Waals surface area (Å²) in [5, 5.41) is 4.14. The van der Waals surface area contributed by atoms with Crippen LogP contribution in [0.2, 0.25) is 0 Å². The summed E-state index contributed by atoms with van der Waals surface area (Å²) in [5.74, 6) is 0.603. The first-order chi connectivity index (χ1) is 11.3. The molecule has 0 bridgehead atoms. The van der Waals surface area contributed by atoms with Crippen molar-refractivity contribution in [3.63, 3.8) is 0 Å². The van der Waals surface area contributed by atoms with Gasteiger partial charge in [-0.2, -0.15) is 0 Å². The second-order valence-electron chi connectivity index (χ2n) is 5.26. The molecule has 0 aliphatic rings. The van der Waals surface area contributed by atoms with E-state index >= 15 is 0 Å². The molecule has 1 heterocycles. The molecular formula is C19H19NO3. The maximum absolute atomic E-state index is 12.2. The average molecular weight is 309 g/mol. The predicted molar refractivity (Wildman–Crippen MR) is 90.6 cm³/mol. The molecule has 4 nitrogen and oxygen atoms in total. The summed E-state index contributed by atoms with van der Waals surface area (Å²) in [4.78, 5) is 12.2. The Morgan fingerprint density at radius 2 is 1.87 bits per heavy atom. The van der Waals surface area contributed by atoms with Crippen molar-refractivity contribution >= 4 is 11.0 Å². The van der Waals surface area contributed by atoms with Crippen molar-refractivity contribution < 1.29 is 9.15 Å². The van der Waals surface area contributed by atoms with Gasteiger partial charge in [0.1, 0.15) is 0 Å². The highest BCUT2D eigenvalue weighted by atomic mass is 16.5. The van der Waals surface area contributed by atoms with Gasteiger partial charge in [0.15, 0.2) is 11.3 Å². The van der Waals surface area contributed by atoms with Crippen molar-refractivity contribution in [2.24, 2.45) is 0 Å². The van der Waals surface area contributed by atoms with Gasteiger partial charge in [-0.25, -0.2) is 4.79 Å². The fourth-order valence-corrected chi connectivity index (χ4v) is 2.49. The van der Waals surface area contributed by atoms with Crippen LogP contribution in [-0.4, -0.2) is 6.61 Å². The molecule has 3 aromatic rings. The molecule has 0 aliphatic carbocycles. The Labute approximate surface area is 134 Å². The van der Waals surface area contributed by atoms with Gasteiger partial charge in [-0.15, -0.1) is 0 Å². The third kappa shape index (κ3) is 3.60. The maximum Gasteiger partial charge on any atom is 0.340 e. The van der Waals surface area contributed by atoms with Crippen LogP contribution in [0.25, 0.3) is 11.0 Å². The van der Waals surface area contributed by atoms with Crippen LogP contribution in [0.1, 0.15) is 18.1 Å². The number of para-hydroxylation sites is 1. The highest BCUT2D eigenvalue weighted by molar-refractivity contribution is 5.82. The third-order valence-electron chi connectivity index (χ3n) is 3.58. The molecule has 0 fully saturated rings. The Morgan fingerprint density at radius 3 is 2.65 bits per heavy atom. The molecule has 0 aliphatic heterocycles. The molecule has 0 atom stereocenters. The Bertz CT molecular complexity index is 840. The van der Waals surface area contributed by atoms with Crippen LogP contribution in [0.4, 0.5) is 0 Å². The number of ether oxygens (including phenoxy) is 1. The SMILES string of the molecule is CCOc1cccc2cc(CNCc3ccccc3)c(=O)oc12. The quantitative estimate of drug-likeness (QED) is 0.708. The Kier molecular flexibility index (Phi) is 4.74. The molecule has 118 valence electrons. The van der Waals surface area contributed by atoms with E-state index in [1.807, 2.05) is 61.5 Å². The van der Waals surface area contributed by atoms with E-state index in [4.69, 9.17) is 9.15 Å². The Balaban J connectivity index is 1.79. The number of hydrogen-bond acceptors (Lipinski definition) is 4. The normalized spacial score (nSPS) is 10.8. The van der Waals surface area contributed by atoms with Crippen LogP contribution >= 0.6 is 0 Å². The first-order valence-electron chi connectivity index (χ1n) is 7.71. The van der Waals surface area contributed by atoms with Gasteiger partial charge in [-0.05, 0) is 24.6 Å². The van der Waals surface area contributed by atoms with Gasteiger partial charge in [0.05, 0.1) is 12.2 Å². The van der Waals surface area contributed by atoms with E-state index in [2.05, 4.69) is 5.32 Å². The fourth-order valence-electron chi connectivity index (χ4n) is 2.49. The Morgan fingerprint density at radius 1 is 1.04 bits per heavy atom. The van der Waals surface area contributed by atoms with Gasteiger partial charge < -0.3 is 14.5 Å². The highest BCUT2D eigenvalue weighted by Gasteiger charge is 2.09. The monoisotopic (exact) mass is 309 g/mol. The standard InChI is InChI=1S/C19H19NO3/c1-2-22-17-10-6-9-15-11-16(19(21)23-18(15)17)13-20-12-14-7-4-3-5-8-14/h3-11,20H,2,12-13H2,1H3. The van der Waals surface area contributed by atoms with E-state index in [-0.39, 0.29) is 5.63 Å². The summed E-state index contributed by atoms with van der Waals surface area (Å²) in [6, 6.07) is 17.6. The molecule has 23 heavy (non-hydrogen) atoms. The zero-order valence-electron chi connectivity index (χ0n) is 13.0. The average Bonchev–Trinajstić information content (AvgIpc) is 2.57. The lowest BCUT2D eigenvalue weighted by molar-refractivity contribution is 0.337. The molecule has 0 radical (unpaired) electrons. The molecule has 0 saturated heterocycles. The zero-order chi connectivity index (χ0) is 16.1. The summed E-state index contributed by atoms with van der Waals surface area (Å²) in [5.41, 5.74) is 1.97. The molecule has 0 saturated carbocycles.